The van der Waals surface area contributed by atoms with Crippen LogP contribution in [0.15, 0.2) is 35.2 Å². The molecule has 0 aliphatic rings. The van der Waals surface area contributed by atoms with E-state index in [1.54, 1.807) is 18.2 Å². The van der Waals surface area contributed by atoms with Crippen LogP contribution in [0.1, 0.15) is 0 Å². The molecule has 1 aromatic carbocycles. The van der Waals surface area contributed by atoms with Crippen molar-refractivity contribution >= 4 is 16.1 Å². The Kier molecular flexibility index (Phi) is 33.7. The maximum absolute atomic E-state index is 12.0. The van der Waals surface area contributed by atoms with Crippen LogP contribution in [0.4, 0.5) is 0 Å². The largest absolute Gasteiger partial charge is 0.467 e. The Morgan fingerprint density at radius 2 is 0.667 bits per heavy atom. The van der Waals surface area contributed by atoms with Gasteiger partial charge in [-0.05, 0) is 12.1 Å². The highest BCUT2D eigenvalue weighted by molar-refractivity contribution is 7.86. The van der Waals surface area contributed by atoms with E-state index in [0.717, 1.165) is 0 Å². The van der Waals surface area contributed by atoms with Crippen molar-refractivity contribution in [2.45, 2.75) is 4.90 Å². The monoisotopic (exact) mass is 758 g/mol. The standard InChI is InChI=1S/C33H58O17S/c1-37-33(34)31-49-28-27-47-24-23-45-20-19-43-16-15-41-12-11-39-8-7-38-9-10-40-13-14-42-17-18-44-21-22-46-25-26-48-29-30-50-51(35,36)32-5-3-2-4-6-32/h2-6H,7-31H2,1H3. The molecular formula is C33H58O17S. The van der Waals surface area contributed by atoms with E-state index >= 15 is 0 Å². The van der Waals surface area contributed by atoms with E-state index < -0.39 is 16.1 Å². The van der Waals surface area contributed by atoms with Gasteiger partial charge in [-0.3, -0.25) is 4.18 Å². The zero-order valence-electron chi connectivity index (χ0n) is 29.9. The number of rotatable bonds is 40. The molecule has 0 spiro atoms. The molecule has 1 rings (SSSR count). The Hall–Kier alpha value is -1.88. The summed E-state index contributed by atoms with van der Waals surface area (Å²) in [7, 11) is -2.45. The average molecular weight is 759 g/mol. The Morgan fingerprint density at radius 3 is 0.941 bits per heavy atom. The van der Waals surface area contributed by atoms with Crippen LogP contribution in [-0.2, 0) is 80.7 Å². The van der Waals surface area contributed by atoms with Gasteiger partial charge in [-0.1, -0.05) is 18.2 Å². The summed E-state index contributed by atoms with van der Waals surface area (Å²) in [6.07, 6.45) is 0. The number of hydrogen-bond donors (Lipinski definition) is 0. The Balaban J connectivity index is 1.65. The van der Waals surface area contributed by atoms with E-state index in [1.165, 1.54) is 19.2 Å². The number of hydrogen-bond acceptors (Lipinski definition) is 17. The van der Waals surface area contributed by atoms with Gasteiger partial charge in [0, 0.05) is 0 Å². The Morgan fingerprint density at radius 1 is 0.412 bits per heavy atom. The fraction of sp³-hybridized carbons (Fsp3) is 0.788. The summed E-state index contributed by atoms with van der Waals surface area (Å²) >= 11 is 0. The van der Waals surface area contributed by atoms with Crippen LogP contribution in [0.2, 0.25) is 0 Å². The smallest absolute Gasteiger partial charge is 0.331 e. The molecule has 18 heteroatoms. The number of carbonyl (C=O) groups excluding carboxylic acids is 1. The topological polar surface area (TPSA) is 180 Å². The second-order valence-corrected chi connectivity index (χ2v) is 11.6. The second-order valence-electron chi connectivity index (χ2n) is 9.95. The van der Waals surface area contributed by atoms with Gasteiger partial charge in [-0.2, -0.15) is 8.42 Å². The molecule has 0 atom stereocenters. The van der Waals surface area contributed by atoms with Crippen molar-refractivity contribution < 1.29 is 79.0 Å². The summed E-state index contributed by atoms with van der Waals surface area (Å²) in [6, 6.07) is 7.96. The van der Waals surface area contributed by atoms with Crippen molar-refractivity contribution in [1.29, 1.82) is 0 Å². The van der Waals surface area contributed by atoms with Crippen molar-refractivity contribution in [3.05, 3.63) is 30.3 Å². The quantitative estimate of drug-likeness (QED) is 0.0520. The van der Waals surface area contributed by atoms with Gasteiger partial charge >= 0.3 is 5.97 Å². The lowest BCUT2D eigenvalue weighted by Gasteiger charge is -2.09. The van der Waals surface area contributed by atoms with E-state index in [9.17, 15) is 13.2 Å². The Bertz CT molecular complexity index is 987. The lowest BCUT2D eigenvalue weighted by molar-refractivity contribution is -0.146. The molecule has 0 heterocycles. The molecule has 0 aromatic heterocycles. The van der Waals surface area contributed by atoms with Gasteiger partial charge in [0.1, 0.15) is 6.61 Å². The van der Waals surface area contributed by atoms with Crippen LogP contribution >= 0.6 is 0 Å². The molecule has 298 valence electrons. The Labute approximate surface area is 302 Å². The molecule has 0 unspecified atom stereocenters. The molecule has 1 aromatic rings. The molecule has 17 nitrogen and oxygen atoms in total. The fourth-order valence-electron chi connectivity index (χ4n) is 3.49. The van der Waals surface area contributed by atoms with Gasteiger partial charge in [-0.15, -0.1) is 0 Å². The summed E-state index contributed by atoms with van der Waals surface area (Å²) in [5.41, 5.74) is 0. The molecule has 51 heavy (non-hydrogen) atoms. The third kappa shape index (κ3) is 32.5. The molecular weight excluding hydrogens is 700 g/mol. The zero-order chi connectivity index (χ0) is 36.8. The van der Waals surface area contributed by atoms with Crippen molar-refractivity contribution in [2.24, 2.45) is 0 Å². The van der Waals surface area contributed by atoms with Gasteiger partial charge in [0.25, 0.3) is 10.1 Å². The normalized spacial score (nSPS) is 11.7. The fourth-order valence-corrected chi connectivity index (χ4v) is 4.41. The van der Waals surface area contributed by atoms with Gasteiger partial charge < -0.3 is 61.6 Å². The first kappa shape index (κ1) is 47.1. The first-order valence-corrected chi connectivity index (χ1v) is 18.4. The van der Waals surface area contributed by atoms with E-state index in [-0.39, 0.29) is 24.7 Å². The number of benzene rings is 1. The van der Waals surface area contributed by atoms with E-state index in [4.69, 9.17) is 61.0 Å². The summed E-state index contributed by atoms with van der Waals surface area (Å²) < 4.78 is 98.0. The molecule has 0 aliphatic carbocycles. The molecule has 0 saturated carbocycles. The predicted octanol–water partition coefficient (Wildman–Crippen LogP) is 0.764. The summed E-state index contributed by atoms with van der Waals surface area (Å²) in [6.45, 7) is 9.67. The zero-order valence-corrected chi connectivity index (χ0v) is 30.7. The van der Waals surface area contributed by atoms with Gasteiger partial charge in [-0.25, -0.2) is 4.79 Å². The SMILES string of the molecule is COC(=O)COCCOCCOCCOCCOCCOCCOCCOCCOCCOCCOCCOCCOS(=O)(=O)c1ccccc1. The van der Waals surface area contributed by atoms with Crippen LogP contribution in [0.3, 0.4) is 0 Å². The van der Waals surface area contributed by atoms with Crippen LogP contribution in [0, 0.1) is 0 Å². The summed E-state index contributed by atoms with van der Waals surface area (Å²) in [4.78, 5) is 11.0. The van der Waals surface area contributed by atoms with Crippen molar-refractivity contribution in [1.82, 2.24) is 0 Å². The molecule has 0 saturated heterocycles. The average Bonchev–Trinajstić information content (AvgIpc) is 3.14. The summed E-state index contributed by atoms with van der Waals surface area (Å²) in [5.74, 6) is -0.415. The third-order valence-electron chi connectivity index (χ3n) is 6.04. The minimum Gasteiger partial charge on any atom is -0.467 e. The first-order valence-electron chi connectivity index (χ1n) is 17.0. The van der Waals surface area contributed by atoms with Gasteiger partial charge in [0.2, 0.25) is 0 Å². The molecule has 0 fully saturated rings. The maximum Gasteiger partial charge on any atom is 0.331 e. The maximum atomic E-state index is 12.0. The van der Waals surface area contributed by atoms with Gasteiger partial charge in [0.05, 0.1) is 171 Å². The number of methoxy groups -OCH3 is 1. The minimum absolute atomic E-state index is 0.0642. The van der Waals surface area contributed by atoms with Crippen molar-refractivity contribution in [3.8, 4) is 0 Å². The highest BCUT2D eigenvalue weighted by Crippen LogP contribution is 2.10. The lowest BCUT2D eigenvalue weighted by Crippen LogP contribution is -2.16. The first-order chi connectivity index (χ1) is 25.1. The molecule has 0 bridgehead atoms. The van der Waals surface area contributed by atoms with E-state index in [1.807, 2.05) is 0 Å². The number of esters is 1. The third-order valence-corrected chi connectivity index (χ3v) is 7.36. The van der Waals surface area contributed by atoms with Crippen LogP contribution in [0.25, 0.3) is 0 Å². The predicted molar refractivity (Wildman–Crippen MR) is 181 cm³/mol. The van der Waals surface area contributed by atoms with Crippen LogP contribution in [0.5, 0.6) is 0 Å². The number of carbonyl (C=O) groups is 1. The van der Waals surface area contributed by atoms with Crippen molar-refractivity contribution in [3.63, 3.8) is 0 Å². The van der Waals surface area contributed by atoms with E-state index in [2.05, 4.69) is 4.74 Å². The molecule has 0 aliphatic heterocycles. The van der Waals surface area contributed by atoms with E-state index in [0.29, 0.717) is 145 Å². The molecule has 0 N–H and O–H groups in total. The number of ether oxygens (including phenoxy) is 13. The second kappa shape index (κ2) is 36.5. The molecule has 0 radical (unpaired) electrons. The molecule has 0 amide bonds. The highest BCUT2D eigenvalue weighted by Gasteiger charge is 2.13. The highest BCUT2D eigenvalue weighted by atomic mass is 32.2. The lowest BCUT2D eigenvalue weighted by atomic mass is 10.4. The van der Waals surface area contributed by atoms with Crippen molar-refractivity contribution in [2.75, 3.05) is 172 Å². The minimum atomic E-state index is -3.76. The van der Waals surface area contributed by atoms with Crippen LogP contribution in [-0.4, -0.2) is 187 Å². The summed E-state index contributed by atoms with van der Waals surface area (Å²) in [5, 5.41) is 0. The van der Waals surface area contributed by atoms with Gasteiger partial charge in [0.15, 0.2) is 0 Å². The van der Waals surface area contributed by atoms with Crippen LogP contribution < -0.4 is 0 Å².